The fourth-order valence-electron chi connectivity index (χ4n) is 2.02. The highest BCUT2D eigenvalue weighted by atomic mass is 35.5. The summed E-state index contributed by atoms with van der Waals surface area (Å²) in [5.41, 5.74) is 0.508. The van der Waals surface area contributed by atoms with Crippen molar-refractivity contribution in [2.75, 3.05) is 26.2 Å². The molecule has 6 heteroatoms. The number of aliphatic hydroxyl groups excluding tert-OH is 1. The number of aliphatic hydroxyl groups is 1. The maximum atomic E-state index is 12.0. The molecule has 1 N–H and O–H groups in total. The zero-order valence-corrected chi connectivity index (χ0v) is 11.5. The van der Waals surface area contributed by atoms with Gasteiger partial charge < -0.3 is 5.11 Å². The third-order valence-electron chi connectivity index (χ3n) is 2.95. The van der Waals surface area contributed by atoms with E-state index in [4.69, 9.17) is 28.3 Å². The molecule has 1 atom stereocenters. The number of ketones is 1. The standard InChI is InChI=1S/C11H13Cl2NO2S/c12-10-3-8(11(13)17-10)9(16)5-14-2-1-7(4-14)6-15/h3,7,15H,1-2,4-6H2. The van der Waals surface area contributed by atoms with E-state index in [1.54, 1.807) is 6.07 Å². The molecule has 0 bridgehead atoms. The number of Topliss-reactive ketones (excluding diaryl/α,β-unsaturated/α-hetero) is 1. The minimum atomic E-state index is -0.00302. The van der Waals surface area contributed by atoms with Crippen LogP contribution in [0.4, 0.5) is 0 Å². The molecular weight excluding hydrogens is 281 g/mol. The predicted molar refractivity (Wildman–Crippen MR) is 70.3 cm³/mol. The second kappa shape index (κ2) is 5.67. The van der Waals surface area contributed by atoms with Gasteiger partial charge in [-0.1, -0.05) is 23.2 Å². The van der Waals surface area contributed by atoms with Crippen molar-refractivity contribution in [2.24, 2.45) is 5.92 Å². The molecule has 2 rings (SSSR count). The fourth-order valence-corrected chi connectivity index (χ4v) is 3.52. The van der Waals surface area contributed by atoms with E-state index < -0.39 is 0 Å². The number of likely N-dealkylation sites (tertiary alicyclic amines) is 1. The summed E-state index contributed by atoms with van der Waals surface area (Å²) in [6.07, 6.45) is 0.946. The summed E-state index contributed by atoms with van der Waals surface area (Å²) in [7, 11) is 0. The van der Waals surface area contributed by atoms with Crippen molar-refractivity contribution in [3.8, 4) is 0 Å². The van der Waals surface area contributed by atoms with Crippen LogP contribution in [0.1, 0.15) is 16.8 Å². The topological polar surface area (TPSA) is 40.5 Å². The molecular formula is C11H13Cl2NO2S. The molecule has 1 aromatic rings. The smallest absolute Gasteiger partial charge is 0.179 e. The van der Waals surface area contributed by atoms with Crippen LogP contribution in [0.5, 0.6) is 0 Å². The van der Waals surface area contributed by atoms with Gasteiger partial charge in [0, 0.05) is 13.2 Å². The van der Waals surface area contributed by atoms with Gasteiger partial charge in [-0.15, -0.1) is 11.3 Å². The van der Waals surface area contributed by atoms with Gasteiger partial charge in [0.25, 0.3) is 0 Å². The molecule has 1 aliphatic heterocycles. The van der Waals surface area contributed by atoms with Crippen LogP contribution in [0, 0.1) is 5.92 Å². The van der Waals surface area contributed by atoms with Gasteiger partial charge in [0.15, 0.2) is 5.78 Å². The van der Waals surface area contributed by atoms with Crippen LogP contribution in [0.2, 0.25) is 8.67 Å². The van der Waals surface area contributed by atoms with E-state index in [0.717, 1.165) is 19.5 Å². The molecule has 0 spiro atoms. The summed E-state index contributed by atoms with van der Waals surface area (Å²) in [4.78, 5) is 14.0. The highest BCUT2D eigenvalue weighted by molar-refractivity contribution is 7.20. The summed E-state index contributed by atoms with van der Waals surface area (Å²) in [6.45, 7) is 2.17. The molecule has 1 fully saturated rings. The van der Waals surface area contributed by atoms with Gasteiger partial charge in [0.2, 0.25) is 0 Å². The van der Waals surface area contributed by atoms with Crippen molar-refractivity contribution >= 4 is 40.3 Å². The lowest BCUT2D eigenvalue weighted by Gasteiger charge is -2.13. The Balaban J connectivity index is 1.96. The Morgan fingerprint density at radius 2 is 2.35 bits per heavy atom. The first-order valence-corrected chi connectivity index (χ1v) is 6.98. The average molecular weight is 294 g/mol. The van der Waals surface area contributed by atoms with Crippen LogP contribution in [-0.4, -0.2) is 42.0 Å². The zero-order chi connectivity index (χ0) is 12.4. The van der Waals surface area contributed by atoms with E-state index in [9.17, 15) is 4.79 Å². The summed E-state index contributed by atoms with van der Waals surface area (Å²) < 4.78 is 0.992. The number of thiophene rings is 1. The Bertz CT molecular complexity index is 422. The molecule has 1 aliphatic rings. The fraction of sp³-hybridized carbons (Fsp3) is 0.545. The number of nitrogens with zero attached hydrogens (tertiary/aromatic N) is 1. The molecule has 1 aromatic heterocycles. The lowest BCUT2D eigenvalue weighted by atomic mass is 10.1. The average Bonchev–Trinajstić information content (AvgIpc) is 2.85. The highest BCUT2D eigenvalue weighted by Crippen LogP contribution is 2.31. The lowest BCUT2D eigenvalue weighted by molar-refractivity contribution is 0.0941. The van der Waals surface area contributed by atoms with Crippen LogP contribution in [-0.2, 0) is 0 Å². The van der Waals surface area contributed by atoms with Crippen LogP contribution in [0.15, 0.2) is 6.07 Å². The molecule has 1 unspecified atom stereocenters. The maximum absolute atomic E-state index is 12.0. The van der Waals surface area contributed by atoms with Gasteiger partial charge in [0.1, 0.15) is 4.34 Å². The van der Waals surface area contributed by atoms with E-state index >= 15 is 0 Å². The van der Waals surface area contributed by atoms with Gasteiger partial charge in [0.05, 0.1) is 16.4 Å². The summed E-state index contributed by atoms with van der Waals surface area (Å²) in [5, 5.41) is 9.03. The largest absolute Gasteiger partial charge is 0.396 e. The molecule has 1 saturated heterocycles. The monoisotopic (exact) mass is 293 g/mol. The lowest BCUT2D eigenvalue weighted by Crippen LogP contribution is -2.28. The molecule has 17 heavy (non-hydrogen) atoms. The number of rotatable bonds is 4. The molecule has 0 saturated carbocycles. The Kier molecular flexibility index (Phi) is 4.44. The Hall–Kier alpha value is -0.130. The normalized spacial score (nSPS) is 21.0. The summed E-state index contributed by atoms with van der Waals surface area (Å²) in [6, 6.07) is 1.62. The molecule has 94 valence electrons. The molecule has 0 aliphatic carbocycles. The van der Waals surface area contributed by atoms with E-state index in [1.165, 1.54) is 11.3 Å². The SMILES string of the molecule is O=C(CN1CCC(CO)C1)c1cc(Cl)sc1Cl. The van der Waals surface area contributed by atoms with Gasteiger partial charge in [-0.3, -0.25) is 9.69 Å². The van der Waals surface area contributed by atoms with Gasteiger partial charge >= 0.3 is 0 Å². The number of hydrogen-bond donors (Lipinski definition) is 1. The third-order valence-corrected chi connectivity index (χ3v) is 4.44. The van der Waals surface area contributed by atoms with Gasteiger partial charge in [-0.25, -0.2) is 0 Å². The number of carbonyl (C=O) groups excluding carboxylic acids is 1. The van der Waals surface area contributed by atoms with Crippen molar-refractivity contribution in [3.63, 3.8) is 0 Å². The second-order valence-corrected chi connectivity index (χ2v) is 6.52. The van der Waals surface area contributed by atoms with Crippen molar-refractivity contribution in [1.82, 2.24) is 4.90 Å². The van der Waals surface area contributed by atoms with E-state index in [0.29, 0.717) is 26.7 Å². The zero-order valence-electron chi connectivity index (χ0n) is 9.16. The van der Waals surface area contributed by atoms with Crippen LogP contribution in [0.3, 0.4) is 0 Å². The number of hydrogen-bond acceptors (Lipinski definition) is 4. The Morgan fingerprint density at radius 3 is 2.88 bits per heavy atom. The molecule has 0 amide bonds. The number of halogens is 2. The van der Waals surface area contributed by atoms with Crippen LogP contribution >= 0.6 is 34.5 Å². The predicted octanol–water partition coefficient (Wildman–Crippen LogP) is 2.55. The van der Waals surface area contributed by atoms with Crippen LogP contribution in [0.25, 0.3) is 0 Å². The first kappa shape index (κ1) is 13.3. The molecule has 0 radical (unpaired) electrons. The van der Waals surface area contributed by atoms with Crippen molar-refractivity contribution < 1.29 is 9.90 Å². The minimum Gasteiger partial charge on any atom is -0.396 e. The first-order chi connectivity index (χ1) is 8.10. The Morgan fingerprint density at radius 1 is 1.59 bits per heavy atom. The third kappa shape index (κ3) is 3.20. The van der Waals surface area contributed by atoms with Gasteiger partial charge in [-0.05, 0) is 24.9 Å². The molecule has 2 heterocycles. The van der Waals surface area contributed by atoms with E-state index in [1.807, 2.05) is 4.90 Å². The molecule has 3 nitrogen and oxygen atoms in total. The number of carbonyl (C=O) groups is 1. The Labute approximate surface area is 114 Å². The second-order valence-electron chi connectivity index (χ2n) is 4.23. The first-order valence-electron chi connectivity index (χ1n) is 5.41. The van der Waals surface area contributed by atoms with Crippen molar-refractivity contribution in [1.29, 1.82) is 0 Å². The van der Waals surface area contributed by atoms with E-state index in [2.05, 4.69) is 0 Å². The van der Waals surface area contributed by atoms with Crippen molar-refractivity contribution in [2.45, 2.75) is 6.42 Å². The highest BCUT2D eigenvalue weighted by Gasteiger charge is 2.24. The van der Waals surface area contributed by atoms with Gasteiger partial charge in [-0.2, -0.15) is 0 Å². The van der Waals surface area contributed by atoms with Crippen molar-refractivity contribution in [3.05, 3.63) is 20.3 Å². The minimum absolute atomic E-state index is 0.00302. The maximum Gasteiger partial charge on any atom is 0.179 e. The molecule has 0 aromatic carbocycles. The van der Waals surface area contributed by atoms with E-state index in [-0.39, 0.29) is 12.4 Å². The quantitative estimate of drug-likeness (QED) is 0.868. The van der Waals surface area contributed by atoms with Crippen LogP contribution < -0.4 is 0 Å². The summed E-state index contributed by atoms with van der Waals surface area (Å²) in [5.74, 6) is 0.293. The summed E-state index contributed by atoms with van der Waals surface area (Å²) >= 11 is 13.0.